The summed E-state index contributed by atoms with van der Waals surface area (Å²) in [6, 6.07) is 18.7. The van der Waals surface area contributed by atoms with E-state index < -0.39 is 0 Å². The van der Waals surface area contributed by atoms with Crippen LogP contribution in [0, 0.1) is 0 Å². The molecule has 1 heterocycles. The number of anilines is 1. The van der Waals surface area contributed by atoms with E-state index in [1.165, 1.54) is 0 Å². The molecule has 0 aliphatic rings. The van der Waals surface area contributed by atoms with Gasteiger partial charge >= 0.3 is 0 Å². The maximum atomic E-state index is 12.7. The number of carbonyl (C=O) groups excluding carboxylic acids is 1. The lowest BCUT2D eigenvalue weighted by atomic mass is 9.93. The van der Waals surface area contributed by atoms with E-state index >= 15 is 0 Å². The number of nitrogens with one attached hydrogen (secondary N) is 1. The molecular formula is C24H28N4O4. The zero-order chi connectivity index (χ0) is 22.8. The Kier molecular flexibility index (Phi) is 8.53. The van der Waals surface area contributed by atoms with E-state index in [1.54, 1.807) is 6.07 Å². The number of hydrogen-bond acceptors (Lipinski definition) is 6. The van der Waals surface area contributed by atoms with Gasteiger partial charge in [-0.05, 0) is 24.0 Å². The first-order valence-corrected chi connectivity index (χ1v) is 10.5. The van der Waals surface area contributed by atoms with Crippen molar-refractivity contribution in [1.82, 2.24) is 5.16 Å². The summed E-state index contributed by atoms with van der Waals surface area (Å²) in [5.74, 6) is 0.730. The van der Waals surface area contributed by atoms with Gasteiger partial charge in [0.2, 0.25) is 5.88 Å². The number of ketones is 1. The van der Waals surface area contributed by atoms with Gasteiger partial charge in [0.15, 0.2) is 11.7 Å². The summed E-state index contributed by atoms with van der Waals surface area (Å²) in [4.78, 5) is 16.9. The van der Waals surface area contributed by atoms with E-state index in [2.05, 4.69) is 22.4 Å². The Labute approximate surface area is 187 Å². The third-order valence-electron chi connectivity index (χ3n) is 4.83. The van der Waals surface area contributed by atoms with Gasteiger partial charge in [0.25, 0.3) is 0 Å². The van der Waals surface area contributed by atoms with Crippen LogP contribution in [0.1, 0.15) is 40.0 Å². The number of aliphatic hydroxyl groups excluding tert-OH is 1. The zero-order valence-electron chi connectivity index (χ0n) is 18.0. The van der Waals surface area contributed by atoms with Crippen LogP contribution < -0.4 is 11.1 Å². The Bertz CT molecular complexity index is 1030. The molecule has 3 rings (SSSR count). The van der Waals surface area contributed by atoms with E-state index in [0.29, 0.717) is 36.6 Å². The van der Waals surface area contributed by atoms with Gasteiger partial charge in [0.05, 0.1) is 32.1 Å². The summed E-state index contributed by atoms with van der Waals surface area (Å²) in [6.07, 6.45) is 0.639. The summed E-state index contributed by atoms with van der Waals surface area (Å²) in [5.41, 5.74) is 8.97. The number of hydrogen-bond donors (Lipinski definition) is 3. The molecule has 0 aliphatic heterocycles. The molecule has 0 saturated heterocycles. The molecule has 0 aliphatic carbocycles. The molecule has 168 valence electrons. The van der Waals surface area contributed by atoms with Gasteiger partial charge in [-0.2, -0.15) is 0 Å². The van der Waals surface area contributed by atoms with Crippen LogP contribution in [-0.4, -0.2) is 48.4 Å². The molecule has 3 aromatic rings. The monoisotopic (exact) mass is 436 g/mol. The predicted octanol–water partition coefficient (Wildman–Crippen LogP) is 2.99. The average Bonchev–Trinajstić information content (AvgIpc) is 3.25. The second-order valence-corrected chi connectivity index (χ2v) is 7.34. The zero-order valence-corrected chi connectivity index (χ0v) is 18.0. The van der Waals surface area contributed by atoms with Gasteiger partial charge in [-0.15, -0.1) is 0 Å². The molecule has 8 heteroatoms. The average molecular weight is 437 g/mol. The molecule has 0 spiro atoms. The third-order valence-corrected chi connectivity index (χ3v) is 4.83. The van der Waals surface area contributed by atoms with Crippen LogP contribution in [0.3, 0.4) is 0 Å². The molecule has 32 heavy (non-hydrogen) atoms. The van der Waals surface area contributed by atoms with Crippen LogP contribution in [0.4, 0.5) is 5.88 Å². The molecule has 2 aromatic carbocycles. The van der Waals surface area contributed by atoms with E-state index in [4.69, 9.17) is 20.1 Å². The highest BCUT2D eigenvalue weighted by atomic mass is 16.5. The fraction of sp³-hybridized carbons (Fsp3) is 0.292. The van der Waals surface area contributed by atoms with Crippen molar-refractivity contribution >= 4 is 17.6 Å². The minimum atomic E-state index is -0.0235. The molecule has 0 amide bonds. The van der Waals surface area contributed by atoms with Crippen molar-refractivity contribution in [3.63, 3.8) is 0 Å². The fourth-order valence-electron chi connectivity index (χ4n) is 3.20. The maximum absolute atomic E-state index is 12.7. The van der Waals surface area contributed by atoms with Gasteiger partial charge in [-0.25, -0.2) is 0 Å². The van der Waals surface area contributed by atoms with Crippen molar-refractivity contribution in [1.29, 1.82) is 0 Å². The quantitative estimate of drug-likeness (QED) is 0.183. The van der Waals surface area contributed by atoms with Crippen LogP contribution in [0.2, 0.25) is 0 Å². The van der Waals surface area contributed by atoms with Crippen molar-refractivity contribution in [3.05, 3.63) is 83.0 Å². The first-order valence-electron chi connectivity index (χ1n) is 10.5. The number of guanidine groups is 1. The number of nitrogens with two attached hydrogens (primary N) is 1. The normalized spacial score (nSPS) is 12.5. The second kappa shape index (κ2) is 11.8. The van der Waals surface area contributed by atoms with Crippen LogP contribution in [0.5, 0.6) is 0 Å². The Hall–Kier alpha value is -3.49. The number of aromatic nitrogens is 1. The van der Waals surface area contributed by atoms with Crippen molar-refractivity contribution in [2.75, 3.05) is 31.7 Å². The van der Waals surface area contributed by atoms with E-state index in [0.717, 1.165) is 11.3 Å². The minimum absolute atomic E-state index is 0.00379. The van der Waals surface area contributed by atoms with Crippen molar-refractivity contribution in [2.24, 2.45) is 10.7 Å². The number of nitrogens with zero attached hydrogens (tertiary/aromatic N) is 2. The molecular weight excluding hydrogens is 408 g/mol. The summed E-state index contributed by atoms with van der Waals surface area (Å²) >= 11 is 0. The SMILES string of the molecule is CC(Cc1cc(NC(N)=NCCOCCO)on1)c1cccc(C(=O)c2ccccc2)c1. The number of benzene rings is 2. The first-order chi connectivity index (χ1) is 15.6. The predicted molar refractivity (Wildman–Crippen MR) is 123 cm³/mol. The van der Waals surface area contributed by atoms with Gasteiger partial charge in [0, 0.05) is 17.2 Å². The number of aliphatic hydroxyl groups is 1. The highest BCUT2D eigenvalue weighted by Crippen LogP contribution is 2.23. The summed E-state index contributed by atoms with van der Waals surface area (Å²) in [7, 11) is 0. The van der Waals surface area contributed by atoms with Crippen LogP contribution >= 0.6 is 0 Å². The lowest BCUT2D eigenvalue weighted by molar-refractivity contribution is 0.0978. The maximum Gasteiger partial charge on any atom is 0.231 e. The molecule has 0 saturated carbocycles. The van der Waals surface area contributed by atoms with Crippen LogP contribution in [0.15, 0.2) is 70.2 Å². The lowest BCUT2D eigenvalue weighted by Crippen LogP contribution is -2.23. The number of rotatable bonds is 11. The Morgan fingerprint density at radius 2 is 1.94 bits per heavy atom. The van der Waals surface area contributed by atoms with Crippen molar-refractivity contribution < 1.29 is 19.2 Å². The summed E-state index contributed by atoms with van der Waals surface area (Å²) in [5, 5.41) is 15.6. The molecule has 4 N–H and O–H groups in total. The highest BCUT2D eigenvalue weighted by molar-refractivity contribution is 6.09. The second-order valence-electron chi connectivity index (χ2n) is 7.34. The molecule has 8 nitrogen and oxygen atoms in total. The molecule has 1 unspecified atom stereocenters. The van der Waals surface area contributed by atoms with Crippen molar-refractivity contribution in [2.45, 2.75) is 19.3 Å². The van der Waals surface area contributed by atoms with Gasteiger partial charge in [0.1, 0.15) is 0 Å². The Balaban J connectivity index is 1.57. The molecule has 1 atom stereocenters. The molecule has 0 radical (unpaired) electrons. The summed E-state index contributed by atoms with van der Waals surface area (Å²) < 4.78 is 10.4. The third kappa shape index (κ3) is 6.76. The molecule has 0 bridgehead atoms. The van der Waals surface area contributed by atoms with Gasteiger partial charge in [-0.3, -0.25) is 15.1 Å². The van der Waals surface area contributed by atoms with Gasteiger partial charge in [-0.1, -0.05) is 60.6 Å². The summed E-state index contributed by atoms with van der Waals surface area (Å²) in [6.45, 7) is 3.07. The lowest BCUT2D eigenvalue weighted by Gasteiger charge is -2.11. The number of aliphatic imine (C=N–C) groups is 1. The topological polar surface area (TPSA) is 123 Å². The Morgan fingerprint density at radius 3 is 2.72 bits per heavy atom. The van der Waals surface area contributed by atoms with Crippen LogP contribution in [0.25, 0.3) is 0 Å². The van der Waals surface area contributed by atoms with E-state index in [9.17, 15) is 4.79 Å². The number of ether oxygens (including phenoxy) is 1. The standard InChI is InChI=1S/C24H28N4O4/c1-17(19-8-5-9-20(15-19)23(30)18-6-3-2-4-7-18)14-21-16-22(32-28-21)27-24(25)26-10-12-31-13-11-29/h2-9,15-17,29H,10-14H2,1H3,(H3,25,26,27). The first kappa shape index (κ1) is 23.2. The van der Waals surface area contributed by atoms with E-state index in [1.807, 2.05) is 54.6 Å². The minimum Gasteiger partial charge on any atom is -0.394 e. The van der Waals surface area contributed by atoms with E-state index in [-0.39, 0.29) is 30.9 Å². The molecule has 1 aromatic heterocycles. The van der Waals surface area contributed by atoms with Crippen LogP contribution in [-0.2, 0) is 11.2 Å². The van der Waals surface area contributed by atoms with Gasteiger partial charge < -0.3 is 20.1 Å². The smallest absolute Gasteiger partial charge is 0.231 e. The Morgan fingerprint density at radius 1 is 1.16 bits per heavy atom. The highest BCUT2D eigenvalue weighted by Gasteiger charge is 2.14. The number of carbonyl (C=O) groups is 1. The molecule has 0 fully saturated rings. The fourth-order valence-corrected chi connectivity index (χ4v) is 3.20. The largest absolute Gasteiger partial charge is 0.394 e. The van der Waals surface area contributed by atoms with Crippen molar-refractivity contribution in [3.8, 4) is 0 Å².